The zero-order chi connectivity index (χ0) is 12.4. The molecule has 0 spiro atoms. The van der Waals surface area contributed by atoms with Crippen LogP contribution in [-0.2, 0) is 9.59 Å². The average Bonchev–Trinajstić information content (AvgIpc) is 2.86. The van der Waals surface area contributed by atoms with E-state index in [1.165, 1.54) is 0 Å². The highest BCUT2D eigenvalue weighted by atomic mass is 16.4. The predicted octanol–water partition coefficient (Wildman–Crippen LogP) is -1.06. The minimum absolute atomic E-state index is 0.295. The van der Waals surface area contributed by atoms with E-state index in [0.29, 0.717) is 11.8 Å². The molecule has 2 rings (SSSR count). The van der Waals surface area contributed by atoms with Gasteiger partial charge in [-0.25, -0.2) is 4.79 Å². The summed E-state index contributed by atoms with van der Waals surface area (Å²) in [4.78, 5) is 22.6. The molecule has 0 radical (unpaired) electrons. The van der Waals surface area contributed by atoms with Crippen LogP contribution in [0, 0.1) is 11.8 Å². The van der Waals surface area contributed by atoms with Gasteiger partial charge < -0.3 is 20.8 Å². The normalized spacial score (nSPS) is 33.1. The van der Waals surface area contributed by atoms with Crippen molar-refractivity contribution in [1.82, 2.24) is 10.6 Å². The number of carbonyl (C=O) groups excluding carboxylic acids is 1. The third kappa shape index (κ3) is 2.42. The van der Waals surface area contributed by atoms with E-state index in [2.05, 4.69) is 10.6 Å². The third-order valence-corrected chi connectivity index (χ3v) is 3.83. The second kappa shape index (κ2) is 5.01. The number of aliphatic carboxylic acids is 1. The minimum Gasteiger partial charge on any atom is -0.480 e. The number of aliphatic hydroxyl groups excluding tert-OH is 1. The molecule has 1 saturated carbocycles. The molecule has 0 aromatic heterocycles. The largest absolute Gasteiger partial charge is 0.480 e. The molecule has 0 aromatic rings. The van der Waals surface area contributed by atoms with E-state index in [4.69, 9.17) is 10.2 Å². The van der Waals surface area contributed by atoms with Gasteiger partial charge in [0.15, 0.2) is 0 Å². The Bertz CT molecular complexity index is 321. The van der Waals surface area contributed by atoms with Crippen molar-refractivity contribution < 1.29 is 19.8 Å². The van der Waals surface area contributed by atoms with Crippen LogP contribution in [-0.4, -0.2) is 47.3 Å². The van der Waals surface area contributed by atoms with Gasteiger partial charge in [-0.2, -0.15) is 0 Å². The summed E-state index contributed by atoms with van der Waals surface area (Å²) < 4.78 is 0. The molecule has 2 fully saturated rings. The minimum atomic E-state index is -1.21. The molecule has 4 atom stereocenters. The van der Waals surface area contributed by atoms with Crippen molar-refractivity contribution in [3.8, 4) is 0 Å². The Kier molecular flexibility index (Phi) is 3.63. The summed E-state index contributed by atoms with van der Waals surface area (Å²) in [7, 11) is 0. The van der Waals surface area contributed by atoms with Crippen molar-refractivity contribution in [2.45, 2.75) is 31.3 Å². The Hall–Kier alpha value is -1.14. The van der Waals surface area contributed by atoms with Crippen molar-refractivity contribution >= 4 is 11.9 Å². The van der Waals surface area contributed by atoms with Crippen LogP contribution in [0.4, 0.5) is 0 Å². The number of fused-ring (bicyclic) bond motifs is 1. The Balaban J connectivity index is 1.94. The van der Waals surface area contributed by atoms with Crippen molar-refractivity contribution in [3.63, 3.8) is 0 Å². The summed E-state index contributed by atoms with van der Waals surface area (Å²) in [6.45, 7) is 0.251. The van der Waals surface area contributed by atoms with Gasteiger partial charge >= 0.3 is 5.97 Å². The number of rotatable bonds is 4. The van der Waals surface area contributed by atoms with E-state index in [1.807, 2.05) is 0 Å². The van der Waals surface area contributed by atoms with Crippen LogP contribution >= 0.6 is 0 Å². The summed E-state index contributed by atoms with van der Waals surface area (Å²) in [5.74, 6) is -0.644. The molecule has 6 heteroatoms. The lowest BCUT2D eigenvalue weighted by Gasteiger charge is -2.20. The molecule has 1 amide bonds. The van der Waals surface area contributed by atoms with Gasteiger partial charge in [0.25, 0.3) is 0 Å². The Morgan fingerprint density at radius 3 is 2.82 bits per heavy atom. The number of carbonyl (C=O) groups is 2. The van der Waals surface area contributed by atoms with Gasteiger partial charge in [-0.1, -0.05) is 6.42 Å². The van der Waals surface area contributed by atoms with Gasteiger partial charge in [0.05, 0.1) is 12.6 Å². The van der Waals surface area contributed by atoms with E-state index in [1.54, 1.807) is 0 Å². The summed E-state index contributed by atoms with van der Waals surface area (Å²) >= 11 is 0. The maximum absolute atomic E-state index is 11.9. The van der Waals surface area contributed by atoms with Crippen LogP contribution in [0.1, 0.15) is 19.3 Å². The second-order valence-corrected chi connectivity index (χ2v) is 4.82. The maximum atomic E-state index is 11.9. The predicted molar refractivity (Wildman–Crippen MR) is 59.3 cm³/mol. The topological polar surface area (TPSA) is 98.7 Å². The van der Waals surface area contributed by atoms with Gasteiger partial charge in [-0.05, 0) is 31.2 Å². The highest BCUT2D eigenvalue weighted by Crippen LogP contribution is 2.37. The number of hydrogen-bond acceptors (Lipinski definition) is 4. The molecule has 6 nitrogen and oxygen atoms in total. The van der Waals surface area contributed by atoms with Crippen molar-refractivity contribution in [1.29, 1.82) is 0 Å². The van der Waals surface area contributed by atoms with Gasteiger partial charge in [-0.15, -0.1) is 0 Å². The third-order valence-electron chi connectivity index (χ3n) is 3.83. The van der Waals surface area contributed by atoms with Crippen molar-refractivity contribution in [2.24, 2.45) is 11.8 Å². The maximum Gasteiger partial charge on any atom is 0.328 e. The first kappa shape index (κ1) is 12.3. The molecular formula is C11H18N2O4. The molecule has 1 aliphatic heterocycles. The number of nitrogens with one attached hydrogen (secondary N) is 2. The SMILES string of the molecule is O=C(N[C@H](CO)C(=O)O)C1NCC2CCCC21. The van der Waals surface area contributed by atoms with E-state index in [-0.39, 0.29) is 11.9 Å². The number of hydrogen-bond donors (Lipinski definition) is 4. The van der Waals surface area contributed by atoms with Crippen LogP contribution in [0.5, 0.6) is 0 Å². The molecule has 0 aromatic carbocycles. The fraction of sp³-hybridized carbons (Fsp3) is 0.818. The molecule has 1 heterocycles. The van der Waals surface area contributed by atoms with Gasteiger partial charge in [0.1, 0.15) is 6.04 Å². The number of carboxylic acid groups (broad SMARTS) is 1. The highest BCUT2D eigenvalue weighted by Gasteiger charge is 2.42. The quantitative estimate of drug-likeness (QED) is 0.503. The number of carboxylic acids is 1. The molecule has 1 aliphatic carbocycles. The lowest BCUT2D eigenvalue weighted by molar-refractivity contribution is -0.143. The summed E-state index contributed by atoms with van der Waals surface area (Å²) in [5, 5.41) is 23.1. The molecular weight excluding hydrogens is 224 g/mol. The standard InChI is InChI=1S/C11H18N2O4/c14-5-8(11(16)17)13-10(15)9-7-3-1-2-6(7)4-12-9/h6-9,12,14H,1-5H2,(H,13,15)(H,16,17)/t6?,7?,8-,9?/m1/s1. The smallest absolute Gasteiger partial charge is 0.328 e. The first-order chi connectivity index (χ1) is 8.13. The zero-order valence-corrected chi connectivity index (χ0v) is 9.56. The molecule has 0 bridgehead atoms. The highest BCUT2D eigenvalue weighted by molar-refractivity contribution is 5.87. The first-order valence-corrected chi connectivity index (χ1v) is 6.01. The molecule has 17 heavy (non-hydrogen) atoms. The summed E-state index contributed by atoms with van der Waals surface area (Å²) in [5.41, 5.74) is 0. The number of aliphatic hydroxyl groups is 1. The molecule has 1 saturated heterocycles. The Labute approximate surface area is 99.4 Å². The monoisotopic (exact) mass is 242 g/mol. The van der Waals surface area contributed by atoms with Crippen molar-refractivity contribution in [2.75, 3.05) is 13.2 Å². The van der Waals surface area contributed by atoms with Gasteiger partial charge in [-0.3, -0.25) is 4.79 Å². The van der Waals surface area contributed by atoms with Gasteiger partial charge in [0, 0.05) is 0 Å². The Morgan fingerprint density at radius 1 is 1.41 bits per heavy atom. The van der Waals surface area contributed by atoms with Crippen molar-refractivity contribution in [3.05, 3.63) is 0 Å². The van der Waals surface area contributed by atoms with Crippen LogP contribution in [0.2, 0.25) is 0 Å². The Morgan fingerprint density at radius 2 is 2.18 bits per heavy atom. The van der Waals surface area contributed by atoms with E-state index >= 15 is 0 Å². The number of amides is 1. The van der Waals surface area contributed by atoms with E-state index in [0.717, 1.165) is 25.8 Å². The van der Waals surface area contributed by atoms with Crippen LogP contribution in [0.15, 0.2) is 0 Å². The molecule has 96 valence electrons. The molecule has 2 aliphatic rings. The average molecular weight is 242 g/mol. The lowest BCUT2D eigenvalue weighted by Crippen LogP contribution is -2.51. The van der Waals surface area contributed by atoms with Gasteiger partial charge in [0.2, 0.25) is 5.91 Å². The fourth-order valence-corrected chi connectivity index (χ4v) is 2.92. The first-order valence-electron chi connectivity index (χ1n) is 6.01. The molecule has 4 N–H and O–H groups in total. The van der Waals surface area contributed by atoms with Crippen LogP contribution in [0.3, 0.4) is 0 Å². The van der Waals surface area contributed by atoms with E-state index < -0.39 is 18.6 Å². The van der Waals surface area contributed by atoms with E-state index in [9.17, 15) is 9.59 Å². The fourth-order valence-electron chi connectivity index (χ4n) is 2.92. The summed E-state index contributed by atoms with van der Waals surface area (Å²) in [6, 6.07) is -1.50. The zero-order valence-electron chi connectivity index (χ0n) is 9.56. The lowest BCUT2D eigenvalue weighted by atomic mass is 9.93. The summed E-state index contributed by atoms with van der Waals surface area (Å²) in [6.07, 6.45) is 3.31. The van der Waals surface area contributed by atoms with Crippen LogP contribution < -0.4 is 10.6 Å². The second-order valence-electron chi connectivity index (χ2n) is 4.82. The molecule has 3 unspecified atom stereocenters. The van der Waals surface area contributed by atoms with Crippen LogP contribution in [0.25, 0.3) is 0 Å².